The van der Waals surface area contributed by atoms with Gasteiger partial charge in [0, 0.05) is 36.4 Å². The van der Waals surface area contributed by atoms with Gasteiger partial charge in [-0.05, 0) is 31.4 Å². The number of carbonyl (C=O) groups excluding carboxylic acids is 1. The summed E-state index contributed by atoms with van der Waals surface area (Å²) in [4.78, 5) is 24.4. The largest absolute Gasteiger partial charge is 0.288 e. The summed E-state index contributed by atoms with van der Waals surface area (Å²) in [6.45, 7) is 2.00. The normalized spacial score (nSPS) is 15.0. The summed E-state index contributed by atoms with van der Waals surface area (Å²) in [6.07, 6.45) is 11.1. The third-order valence-electron chi connectivity index (χ3n) is 4.98. The fourth-order valence-electron chi connectivity index (χ4n) is 3.56. The average molecular weight is 382 g/mol. The van der Waals surface area contributed by atoms with Crippen molar-refractivity contribution in [2.75, 3.05) is 4.90 Å². The number of pyridine rings is 1. The molecule has 1 saturated carbocycles. The molecule has 0 N–H and O–H groups in total. The monoisotopic (exact) mass is 381 g/mol. The molecule has 27 heavy (non-hydrogen) atoms. The van der Waals surface area contributed by atoms with Gasteiger partial charge in [-0.2, -0.15) is 5.10 Å². The van der Waals surface area contributed by atoms with Crippen LogP contribution in [0.15, 0.2) is 36.1 Å². The Bertz CT molecular complexity index is 924. The quantitative estimate of drug-likeness (QED) is 0.678. The molecule has 3 aromatic rings. The van der Waals surface area contributed by atoms with Crippen molar-refractivity contribution in [1.82, 2.24) is 19.7 Å². The number of aromatic nitrogens is 4. The zero-order valence-corrected chi connectivity index (χ0v) is 16.4. The van der Waals surface area contributed by atoms with Crippen LogP contribution in [0.2, 0.25) is 0 Å². The molecule has 0 aliphatic heterocycles. The summed E-state index contributed by atoms with van der Waals surface area (Å²) in [5.41, 5.74) is 2.49. The molecule has 0 radical (unpaired) electrons. The summed E-state index contributed by atoms with van der Waals surface area (Å²) in [5, 5.41) is 6.84. The van der Waals surface area contributed by atoms with E-state index in [0.29, 0.717) is 11.5 Å². The summed E-state index contributed by atoms with van der Waals surface area (Å²) in [7, 11) is 1.87. The van der Waals surface area contributed by atoms with E-state index in [1.54, 1.807) is 10.9 Å². The topological polar surface area (TPSA) is 63.9 Å². The van der Waals surface area contributed by atoms with Crippen LogP contribution in [0.4, 0.5) is 5.82 Å². The van der Waals surface area contributed by atoms with E-state index in [4.69, 9.17) is 0 Å². The second-order valence-corrected chi connectivity index (χ2v) is 7.96. The first-order chi connectivity index (χ1) is 13.1. The van der Waals surface area contributed by atoms with Crippen molar-refractivity contribution in [1.29, 1.82) is 0 Å². The number of carbonyl (C=O) groups is 1. The van der Waals surface area contributed by atoms with Gasteiger partial charge >= 0.3 is 0 Å². The Kier molecular flexibility index (Phi) is 5.03. The van der Waals surface area contributed by atoms with Crippen molar-refractivity contribution in [2.24, 2.45) is 7.05 Å². The Morgan fingerprint density at radius 2 is 2.04 bits per heavy atom. The van der Waals surface area contributed by atoms with Gasteiger partial charge in [0.25, 0.3) is 5.91 Å². The molecular formula is C20H23N5OS. The minimum absolute atomic E-state index is 0.0651. The van der Waals surface area contributed by atoms with Crippen LogP contribution in [0.1, 0.15) is 48.2 Å². The molecule has 4 rings (SSSR count). The second kappa shape index (κ2) is 7.60. The zero-order valence-electron chi connectivity index (χ0n) is 15.6. The maximum absolute atomic E-state index is 13.4. The van der Waals surface area contributed by atoms with Crippen molar-refractivity contribution in [2.45, 2.75) is 45.1 Å². The molecule has 1 fully saturated rings. The number of rotatable bonds is 4. The summed E-state index contributed by atoms with van der Waals surface area (Å²) < 4.78 is 1.74. The predicted molar refractivity (Wildman–Crippen MR) is 107 cm³/mol. The first-order valence-electron chi connectivity index (χ1n) is 9.32. The van der Waals surface area contributed by atoms with E-state index in [9.17, 15) is 4.79 Å². The fraction of sp³-hybridized carbons (Fsp3) is 0.400. The van der Waals surface area contributed by atoms with Crippen molar-refractivity contribution >= 4 is 23.1 Å². The zero-order chi connectivity index (χ0) is 18.8. The van der Waals surface area contributed by atoms with E-state index >= 15 is 0 Å². The van der Waals surface area contributed by atoms with Gasteiger partial charge in [-0.15, -0.1) is 11.3 Å². The minimum atomic E-state index is -0.0651. The molecule has 0 spiro atoms. The molecule has 0 bridgehead atoms. The molecule has 6 nitrogen and oxygen atoms in total. The molecule has 0 saturated heterocycles. The molecule has 0 aromatic carbocycles. The van der Waals surface area contributed by atoms with Crippen molar-refractivity contribution in [3.05, 3.63) is 47.4 Å². The average Bonchev–Trinajstić information content (AvgIpc) is 3.33. The molecule has 3 heterocycles. The van der Waals surface area contributed by atoms with E-state index in [2.05, 4.69) is 15.1 Å². The van der Waals surface area contributed by atoms with Crippen LogP contribution < -0.4 is 4.90 Å². The van der Waals surface area contributed by atoms with Crippen LogP contribution in [0.25, 0.3) is 10.6 Å². The van der Waals surface area contributed by atoms with Gasteiger partial charge in [-0.1, -0.05) is 25.3 Å². The molecule has 140 valence electrons. The number of aryl methyl sites for hydroxylation is 2. The summed E-state index contributed by atoms with van der Waals surface area (Å²) >= 11 is 1.47. The number of nitrogens with zero attached hydrogens (tertiary/aromatic N) is 5. The van der Waals surface area contributed by atoms with Crippen LogP contribution in [-0.2, 0) is 7.05 Å². The lowest BCUT2D eigenvalue weighted by molar-refractivity contribution is 0.0965. The van der Waals surface area contributed by atoms with Gasteiger partial charge in [-0.25, -0.2) is 9.97 Å². The smallest absolute Gasteiger partial charge is 0.279 e. The minimum Gasteiger partial charge on any atom is -0.288 e. The third kappa shape index (κ3) is 3.78. The van der Waals surface area contributed by atoms with Gasteiger partial charge in [0.05, 0.1) is 6.20 Å². The Balaban J connectivity index is 1.66. The van der Waals surface area contributed by atoms with E-state index < -0.39 is 0 Å². The molecular weight excluding hydrogens is 358 g/mol. The molecule has 1 amide bonds. The Labute approximate surface area is 162 Å². The van der Waals surface area contributed by atoms with Gasteiger partial charge in [-0.3, -0.25) is 14.4 Å². The highest BCUT2D eigenvalue weighted by atomic mass is 32.1. The molecule has 1 aliphatic rings. The summed E-state index contributed by atoms with van der Waals surface area (Å²) in [6, 6.07) is 4.13. The number of hydrogen-bond donors (Lipinski definition) is 0. The number of thiazole rings is 1. The maximum Gasteiger partial charge on any atom is 0.279 e. The van der Waals surface area contributed by atoms with Crippen LogP contribution in [-0.4, -0.2) is 31.7 Å². The highest BCUT2D eigenvalue weighted by Crippen LogP contribution is 2.29. The Morgan fingerprint density at radius 1 is 1.22 bits per heavy atom. The lowest BCUT2D eigenvalue weighted by Gasteiger charge is -2.33. The first kappa shape index (κ1) is 17.9. The molecule has 0 atom stereocenters. The van der Waals surface area contributed by atoms with Crippen molar-refractivity contribution < 1.29 is 4.79 Å². The lowest BCUT2D eigenvalue weighted by Crippen LogP contribution is -2.42. The number of hydrogen-bond acceptors (Lipinski definition) is 5. The van der Waals surface area contributed by atoms with Gasteiger partial charge in [0.15, 0.2) is 0 Å². The number of anilines is 1. The molecule has 0 unspecified atom stereocenters. The van der Waals surface area contributed by atoms with E-state index in [1.165, 1.54) is 17.8 Å². The van der Waals surface area contributed by atoms with Crippen LogP contribution >= 0.6 is 11.3 Å². The van der Waals surface area contributed by atoms with Crippen LogP contribution in [0.5, 0.6) is 0 Å². The van der Waals surface area contributed by atoms with Crippen molar-refractivity contribution in [3.8, 4) is 10.6 Å². The molecule has 1 aliphatic carbocycles. The van der Waals surface area contributed by atoms with Crippen LogP contribution in [0, 0.1) is 6.92 Å². The fourth-order valence-corrected chi connectivity index (χ4v) is 4.33. The Morgan fingerprint density at radius 3 is 2.70 bits per heavy atom. The van der Waals surface area contributed by atoms with Gasteiger partial charge in [0.1, 0.15) is 16.5 Å². The lowest BCUT2D eigenvalue weighted by atomic mass is 9.94. The van der Waals surface area contributed by atoms with E-state index in [0.717, 1.165) is 41.8 Å². The molecule has 7 heteroatoms. The predicted octanol–water partition coefficient (Wildman–Crippen LogP) is 4.23. The second-order valence-electron chi connectivity index (χ2n) is 7.10. The Hall–Kier alpha value is -2.54. The third-order valence-corrected chi connectivity index (χ3v) is 5.87. The summed E-state index contributed by atoms with van der Waals surface area (Å²) in [5.74, 6) is 0.651. The number of amides is 1. The van der Waals surface area contributed by atoms with E-state index in [-0.39, 0.29) is 11.9 Å². The SMILES string of the molecule is Cc1ccc(N(C(=O)c2csc(-c3cnn(C)c3)n2)C2CCCCC2)nc1. The van der Waals surface area contributed by atoms with Gasteiger partial charge < -0.3 is 0 Å². The first-order valence-corrected chi connectivity index (χ1v) is 10.2. The standard InChI is InChI=1S/C20H23N5OS/c1-14-8-9-18(21-10-14)25(16-6-4-3-5-7-16)20(26)17-13-27-19(23-17)15-11-22-24(2)12-15/h8-13,16H,3-7H2,1-2H3. The highest BCUT2D eigenvalue weighted by Gasteiger charge is 2.30. The molecule has 3 aromatic heterocycles. The van der Waals surface area contributed by atoms with Crippen LogP contribution in [0.3, 0.4) is 0 Å². The van der Waals surface area contributed by atoms with Crippen molar-refractivity contribution in [3.63, 3.8) is 0 Å². The maximum atomic E-state index is 13.4. The van der Waals surface area contributed by atoms with E-state index in [1.807, 2.05) is 48.8 Å². The van der Waals surface area contributed by atoms with Gasteiger partial charge in [0.2, 0.25) is 0 Å². The highest BCUT2D eigenvalue weighted by molar-refractivity contribution is 7.13.